The van der Waals surface area contributed by atoms with Crippen molar-refractivity contribution in [2.45, 2.75) is 0 Å². The van der Waals surface area contributed by atoms with Crippen LogP contribution in [0.5, 0.6) is 11.6 Å². The second-order valence-electron chi connectivity index (χ2n) is 6.99. The zero-order chi connectivity index (χ0) is 21.6. The van der Waals surface area contributed by atoms with Crippen LogP contribution in [0, 0.1) is 5.82 Å². The summed E-state index contributed by atoms with van der Waals surface area (Å²) in [6.07, 6.45) is 1.58. The summed E-state index contributed by atoms with van der Waals surface area (Å²) in [5.74, 6) is 0.279. The Labute approximate surface area is 179 Å². The predicted octanol–water partition coefficient (Wildman–Crippen LogP) is 4.00. The molecule has 1 aliphatic heterocycles. The zero-order valence-corrected chi connectivity index (χ0v) is 16.7. The lowest BCUT2D eigenvalue weighted by Crippen LogP contribution is -2.51. The van der Waals surface area contributed by atoms with Gasteiger partial charge in [0.25, 0.3) is 5.91 Å². The van der Waals surface area contributed by atoms with Gasteiger partial charge in [0.2, 0.25) is 5.88 Å². The van der Waals surface area contributed by atoms with Crippen molar-refractivity contribution >= 4 is 17.6 Å². The van der Waals surface area contributed by atoms with Crippen LogP contribution in [-0.2, 0) is 0 Å². The van der Waals surface area contributed by atoms with Crippen LogP contribution in [-0.4, -0.2) is 52.9 Å². The van der Waals surface area contributed by atoms with Gasteiger partial charge in [-0.3, -0.25) is 4.79 Å². The predicted molar refractivity (Wildman–Crippen MR) is 114 cm³/mol. The topological polar surface area (TPSA) is 74.8 Å². The summed E-state index contributed by atoms with van der Waals surface area (Å²) in [7, 11) is 0. The summed E-state index contributed by atoms with van der Waals surface area (Å²) in [6.45, 7) is 1.53. The molecule has 3 aromatic rings. The molecule has 1 aliphatic rings. The number of anilines is 1. The number of piperazine rings is 1. The third kappa shape index (κ3) is 4.98. The van der Waals surface area contributed by atoms with E-state index in [0.717, 1.165) is 0 Å². The average Bonchev–Trinajstić information content (AvgIpc) is 2.81. The molecule has 7 nitrogen and oxygen atoms in total. The highest BCUT2D eigenvalue weighted by Gasteiger charge is 2.27. The first kappa shape index (κ1) is 20.3. The standard InChI is InChI=1S/C23H21FN4O3/c24-17-8-10-18(11-9-17)26-23(30)28-15-13-27(14-16-28)22(29)20-7-4-12-25-21(20)31-19-5-2-1-3-6-19/h1-12H,13-16H2,(H,26,30). The lowest BCUT2D eigenvalue weighted by Gasteiger charge is -2.34. The Morgan fingerprint density at radius 3 is 2.26 bits per heavy atom. The number of ether oxygens (including phenoxy) is 1. The molecule has 0 atom stereocenters. The number of rotatable bonds is 4. The molecule has 158 valence electrons. The van der Waals surface area contributed by atoms with Gasteiger partial charge in [-0.25, -0.2) is 14.2 Å². The van der Waals surface area contributed by atoms with E-state index >= 15 is 0 Å². The Bertz CT molecular complexity index is 1050. The first-order valence-corrected chi connectivity index (χ1v) is 9.89. The van der Waals surface area contributed by atoms with Gasteiger partial charge in [0.05, 0.1) is 0 Å². The van der Waals surface area contributed by atoms with E-state index in [-0.39, 0.29) is 23.6 Å². The SMILES string of the molecule is O=C(Nc1ccc(F)cc1)N1CCN(C(=O)c2cccnc2Oc2ccccc2)CC1. The Kier molecular flexibility index (Phi) is 6.07. The lowest BCUT2D eigenvalue weighted by molar-refractivity contribution is 0.0668. The molecule has 0 radical (unpaired) electrons. The van der Waals surface area contributed by atoms with Crippen molar-refractivity contribution < 1.29 is 18.7 Å². The molecule has 1 fully saturated rings. The van der Waals surface area contributed by atoms with Crippen LogP contribution < -0.4 is 10.1 Å². The van der Waals surface area contributed by atoms with Crippen molar-refractivity contribution in [1.29, 1.82) is 0 Å². The van der Waals surface area contributed by atoms with Crippen LogP contribution in [0.4, 0.5) is 14.9 Å². The number of hydrogen-bond donors (Lipinski definition) is 1. The maximum atomic E-state index is 13.1. The van der Waals surface area contributed by atoms with Gasteiger partial charge in [0, 0.05) is 38.1 Å². The quantitative estimate of drug-likeness (QED) is 0.692. The van der Waals surface area contributed by atoms with Crippen LogP contribution in [0.25, 0.3) is 0 Å². The van der Waals surface area contributed by atoms with Crippen LogP contribution in [0.3, 0.4) is 0 Å². The Morgan fingerprint density at radius 1 is 0.871 bits per heavy atom. The highest BCUT2D eigenvalue weighted by atomic mass is 19.1. The second-order valence-corrected chi connectivity index (χ2v) is 6.99. The van der Waals surface area contributed by atoms with Gasteiger partial charge in [0.1, 0.15) is 17.1 Å². The van der Waals surface area contributed by atoms with Crippen molar-refractivity contribution in [3.63, 3.8) is 0 Å². The smallest absolute Gasteiger partial charge is 0.321 e. The number of nitrogens with zero attached hydrogens (tertiary/aromatic N) is 3. The van der Waals surface area contributed by atoms with E-state index in [1.807, 2.05) is 18.2 Å². The van der Waals surface area contributed by atoms with Gasteiger partial charge in [-0.2, -0.15) is 0 Å². The summed E-state index contributed by atoms with van der Waals surface area (Å²) in [6, 6.07) is 17.8. The molecule has 31 heavy (non-hydrogen) atoms. The Morgan fingerprint density at radius 2 is 1.55 bits per heavy atom. The van der Waals surface area contributed by atoms with E-state index in [2.05, 4.69) is 10.3 Å². The largest absolute Gasteiger partial charge is 0.438 e. The molecule has 1 N–H and O–H groups in total. The molecule has 1 aromatic heterocycles. The zero-order valence-electron chi connectivity index (χ0n) is 16.7. The fraction of sp³-hybridized carbons (Fsp3) is 0.174. The number of benzene rings is 2. The van der Waals surface area contributed by atoms with E-state index in [0.29, 0.717) is 43.2 Å². The Balaban J connectivity index is 1.37. The van der Waals surface area contributed by atoms with Crippen molar-refractivity contribution in [2.75, 3.05) is 31.5 Å². The first-order valence-electron chi connectivity index (χ1n) is 9.89. The number of pyridine rings is 1. The summed E-state index contributed by atoms with van der Waals surface area (Å²) >= 11 is 0. The van der Waals surface area contributed by atoms with Crippen molar-refractivity contribution in [3.05, 3.63) is 84.3 Å². The maximum absolute atomic E-state index is 13.1. The van der Waals surface area contributed by atoms with Gasteiger partial charge >= 0.3 is 6.03 Å². The number of aromatic nitrogens is 1. The minimum absolute atomic E-state index is 0.197. The third-order valence-corrected chi connectivity index (χ3v) is 4.91. The number of urea groups is 1. The summed E-state index contributed by atoms with van der Waals surface area (Å²) in [5, 5.41) is 2.74. The summed E-state index contributed by atoms with van der Waals surface area (Å²) in [5.41, 5.74) is 0.888. The van der Waals surface area contributed by atoms with Crippen LogP contribution in [0.1, 0.15) is 10.4 Å². The second kappa shape index (κ2) is 9.25. The maximum Gasteiger partial charge on any atom is 0.321 e. The average molecular weight is 420 g/mol. The molecular weight excluding hydrogens is 399 g/mol. The van der Waals surface area contributed by atoms with Gasteiger partial charge in [-0.05, 0) is 48.5 Å². The molecule has 1 saturated heterocycles. The van der Waals surface area contributed by atoms with Crippen molar-refractivity contribution in [2.24, 2.45) is 0 Å². The summed E-state index contributed by atoms with van der Waals surface area (Å²) in [4.78, 5) is 33.0. The van der Waals surface area contributed by atoms with E-state index in [4.69, 9.17) is 4.74 Å². The van der Waals surface area contributed by atoms with Crippen LogP contribution in [0.15, 0.2) is 72.9 Å². The molecule has 3 amide bonds. The minimum atomic E-state index is -0.365. The van der Waals surface area contributed by atoms with Crippen LogP contribution >= 0.6 is 0 Å². The number of halogens is 1. The molecule has 0 spiro atoms. The highest BCUT2D eigenvalue weighted by Crippen LogP contribution is 2.24. The van der Waals surface area contributed by atoms with Crippen molar-refractivity contribution in [3.8, 4) is 11.6 Å². The molecule has 0 aliphatic carbocycles. The van der Waals surface area contributed by atoms with E-state index in [9.17, 15) is 14.0 Å². The van der Waals surface area contributed by atoms with Gasteiger partial charge in [-0.15, -0.1) is 0 Å². The molecular formula is C23H21FN4O3. The third-order valence-electron chi connectivity index (χ3n) is 4.91. The highest BCUT2D eigenvalue weighted by molar-refractivity contribution is 5.96. The summed E-state index contributed by atoms with van der Waals surface area (Å²) < 4.78 is 18.8. The van der Waals surface area contributed by atoms with E-state index in [1.54, 1.807) is 40.3 Å². The number of carbonyl (C=O) groups excluding carboxylic acids is 2. The van der Waals surface area contributed by atoms with E-state index < -0.39 is 0 Å². The van der Waals surface area contributed by atoms with E-state index in [1.165, 1.54) is 24.3 Å². The monoisotopic (exact) mass is 420 g/mol. The fourth-order valence-corrected chi connectivity index (χ4v) is 3.25. The molecule has 2 aromatic carbocycles. The van der Waals surface area contributed by atoms with Gasteiger partial charge < -0.3 is 19.9 Å². The van der Waals surface area contributed by atoms with Crippen LogP contribution in [0.2, 0.25) is 0 Å². The van der Waals surface area contributed by atoms with Gasteiger partial charge in [0.15, 0.2) is 0 Å². The minimum Gasteiger partial charge on any atom is -0.438 e. The van der Waals surface area contributed by atoms with Gasteiger partial charge in [-0.1, -0.05) is 18.2 Å². The number of carbonyl (C=O) groups is 2. The number of hydrogen-bond acceptors (Lipinski definition) is 4. The number of amides is 3. The molecule has 0 bridgehead atoms. The van der Waals surface area contributed by atoms with Crippen molar-refractivity contribution in [1.82, 2.24) is 14.8 Å². The first-order chi connectivity index (χ1) is 15.1. The number of para-hydroxylation sites is 1. The molecule has 8 heteroatoms. The Hall–Kier alpha value is -3.94. The molecule has 0 unspecified atom stereocenters. The molecule has 2 heterocycles. The normalized spacial score (nSPS) is 13.6. The fourth-order valence-electron chi connectivity index (χ4n) is 3.25. The molecule has 4 rings (SSSR count). The lowest BCUT2D eigenvalue weighted by atomic mass is 10.2. The number of nitrogens with one attached hydrogen (secondary N) is 1. The molecule has 0 saturated carbocycles.